The molecule has 0 aromatic carbocycles. The number of anilines is 2. The third kappa shape index (κ3) is 3.60. The van der Waals surface area contributed by atoms with Crippen LogP contribution < -0.4 is 16.0 Å². The van der Waals surface area contributed by atoms with Gasteiger partial charge in [0.25, 0.3) is 0 Å². The van der Waals surface area contributed by atoms with Gasteiger partial charge in [0.2, 0.25) is 0 Å². The van der Waals surface area contributed by atoms with Gasteiger partial charge in [0, 0.05) is 25.8 Å². The third-order valence-electron chi connectivity index (χ3n) is 3.99. The fourth-order valence-corrected chi connectivity index (χ4v) is 2.55. The van der Waals surface area contributed by atoms with Crippen LogP contribution in [0.25, 0.3) is 0 Å². The number of nitrogens with two attached hydrogens (primary N) is 1. The zero-order valence-electron chi connectivity index (χ0n) is 12.1. The van der Waals surface area contributed by atoms with Crippen molar-refractivity contribution in [3.05, 3.63) is 18.3 Å². The molecule has 1 saturated heterocycles. The van der Waals surface area contributed by atoms with Crippen molar-refractivity contribution < 1.29 is 0 Å². The first kappa shape index (κ1) is 14.1. The predicted octanol–water partition coefficient (Wildman–Crippen LogP) is 2.32. The summed E-state index contributed by atoms with van der Waals surface area (Å²) in [5.74, 6) is 2.20. The van der Waals surface area contributed by atoms with Gasteiger partial charge < -0.3 is 16.0 Å². The molecule has 1 unspecified atom stereocenters. The summed E-state index contributed by atoms with van der Waals surface area (Å²) in [6, 6.07) is 4.11. The van der Waals surface area contributed by atoms with E-state index >= 15 is 0 Å². The smallest absolute Gasteiger partial charge is 0.151 e. The Hall–Kier alpha value is -1.29. The van der Waals surface area contributed by atoms with Crippen LogP contribution in [0.2, 0.25) is 0 Å². The molecule has 106 valence electrons. The minimum Gasteiger partial charge on any atom is -0.382 e. The Bertz CT molecular complexity index is 385. The highest BCUT2D eigenvalue weighted by atomic mass is 15.2. The Balaban J connectivity index is 2.03. The fraction of sp³-hybridized carbons (Fsp3) is 0.667. The highest BCUT2D eigenvalue weighted by molar-refractivity contribution is 5.65. The SMILES string of the molecule is CC(C)C(CN)CNc1cccnc1N1CCCC1. The molecule has 2 heterocycles. The van der Waals surface area contributed by atoms with Gasteiger partial charge >= 0.3 is 0 Å². The number of hydrogen-bond donors (Lipinski definition) is 2. The molecule has 0 saturated carbocycles. The van der Waals surface area contributed by atoms with Crippen LogP contribution in [-0.2, 0) is 0 Å². The molecule has 4 nitrogen and oxygen atoms in total. The molecule has 1 atom stereocenters. The minimum atomic E-state index is 0.506. The van der Waals surface area contributed by atoms with E-state index in [9.17, 15) is 0 Å². The van der Waals surface area contributed by atoms with Crippen LogP contribution in [0.1, 0.15) is 26.7 Å². The van der Waals surface area contributed by atoms with Crippen molar-refractivity contribution in [2.45, 2.75) is 26.7 Å². The number of pyridine rings is 1. The number of hydrogen-bond acceptors (Lipinski definition) is 4. The Kier molecular flexibility index (Phi) is 5.02. The van der Waals surface area contributed by atoms with Crippen LogP contribution in [-0.4, -0.2) is 31.2 Å². The molecule has 0 bridgehead atoms. The van der Waals surface area contributed by atoms with Gasteiger partial charge in [-0.15, -0.1) is 0 Å². The van der Waals surface area contributed by atoms with Gasteiger partial charge in [0.05, 0.1) is 5.69 Å². The molecule has 1 aromatic rings. The van der Waals surface area contributed by atoms with Crippen LogP contribution in [0.5, 0.6) is 0 Å². The lowest BCUT2D eigenvalue weighted by Crippen LogP contribution is -2.28. The lowest BCUT2D eigenvalue weighted by atomic mass is 9.96. The Morgan fingerprint density at radius 2 is 2.11 bits per heavy atom. The normalized spacial score (nSPS) is 16.9. The van der Waals surface area contributed by atoms with Crippen molar-refractivity contribution in [1.82, 2.24) is 4.98 Å². The maximum Gasteiger partial charge on any atom is 0.151 e. The summed E-state index contributed by atoms with van der Waals surface area (Å²) in [6.07, 6.45) is 4.42. The molecule has 0 aliphatic carbocycles. The van der Waals surface area contributed by atoms with E-state index in [-0.39, 0.29) is 0 Å². The lowest BCUT2D eigenvalue weighted by molar-refractivity contribution is 0.413. The molecule has 0 spiro atoms. The topological polar surface area (TPSA) is 54.2 Å². The largest absolute Gasteiger partial charge is 0.382 e. The quantitative estimate of drug-likeness (QED) is 0.826. The van der Waals surface area contributed by atoms with Crippen molar-refractivity contribution in [2.75, 3.05) is 36.4 Å². The highest BCUT2D eigenvalue weighted by Gasteiger charge is 2.18. The van der Waals surface area contributed by atoms with Crippen LogP contribution in [0.4, 0.5) is 11.5 Å². The number of aromatic nitrogens is 1. The average molecular weight is 262 g/mol. The first-order valence-electron chi connectivity index (χ1n) is 7.36. The summed E-state index contributed by atoms with van der Waals surface area (Å²) in [4.78, 5) is 6.91. The monoisotopic (exact) mass is 262 g/mol. The second-order valence-corrected chi connectivity index (χ2v) is 5.69. The van der Waals surface area contributed by atoms with Crippen molar-refractivity contribution in [3.63, 3.8) is 0 Å². The van der Waals surface area contributed by atoms with Gasteiger partial charge in [-0.25, -0.2) is 4.98 Å². The van der Waals surface area contributed by atoms with Gasteiger partial charge in [-0.2, -0.15) is 0 Å². The van der Waals surface area contributed by atoms with E-state index in [1.165, 1.54) is 12.8 Å². The van der Waals surface area contributed by atoms with Gasteiger partial charge in [-0.05, 0) is 43.4 Å². The first-order valence-corrected chi connectivity index (χ1v) is 7.36. The van der Waals surface area contributed by atoms with Crippen molar-refractivity contribution in [1.29, 1.82) is 0 Å². The summed E-state index contributed by atoms with van der Waals surface area (Å²) in [6.45, 7) is 8.34. The Morgan fingerprint density at radius 3 is 2.74 bits per heavy atom. The van der Waals surface area contributed by atoms with Crippen molar-refractivity contribution >= 4 is 11.5 Å². The van der Waals surface area contributed by atoms with E-state index < -0.39 is 0 Å². The van der Waals surface area contributed by atoms with E-state index in [1.807, 2.05) is 12.3 Å². The van der Waals surface area contributed by atoms with Crippen LogP contribution >= 0.6 is 0 Å². The average Bonchev–Trinajstić information content (AvgIpc) is 2.93. The van der Waals surface area contributed by atoms with Crippen LogP contribution in [0, 0.1) is 11.8 Å². The molecule has 0 radical (unpaired) electrons. The van der Waals surface area contributed by atoms with Crippen LogP contribution in [0.3, 0.4) is 0 Å². The first-order chi connectivity index (χ1) is 9.22. The zero-order chi connectivity index (χ0) is 13.7. The van der Waals surface area contributed by atoms with E-state index in [0.29, 0.717) is 11.8 Å². The summed E-state index contributed by atoms with van der Waals surface area (Å²) in [5, 5.41) is 3.54. The molecule has 0 amide bonds. The van der Waals surface area contributed by atoms with E-state index in [0.717, 1.165) is 37.7 Å². The molecular weight excluding hydrogens is 236 g/mol. The van der Waals surface area contributed by atoms with Crippen molar-refractivity contribution in [3.8, 4) is 0 Å². The summed E-state index contributed by atoms with van der Waals surface area (Å²) in [5.41, 5.74) is 6.97. The number of nitrogens with one attached hydrogen (secondary N) is 1. The Labute approximate surface area is 116 Å². The zero-order valence-corrected chi connectivity index (χ0v) is 12.1. The fourth-order valence-electron chi connectivity index (χ4n) is 2.55. The van der Waals surface area contributed by atoms with Gasteiger partial charge in [-0.3, -0.25) is 0 Å². The number of nitrogens with zero attached hydrogens (tertiary/aromatic N) is 2. The summed E-state index contributed by atoms with van der Waals surface area (Å²) in [7, 11) is 0. The summed E-state index contributed by atoms with van der Waals surface area (Å²) < 4.78 is 0. The molecule has 2 rings (SSSR count). The second-order valence-electron chi connectivity index (χ2n) is 5.69. The molecule has 1 aliphatic heterocycles. The van der Waals surface area contributed by atoms with E-state index in [2.05, 4.69) is 35.1 Å². The second kappa shape index (κ2) is 6.75. The van der Waals surface area contributed by atoms with Gasteiger partial charge in [0.15, 0.2) is 5.82 Å². The molecule has 4 heteroatoms. The predicted molar refractivity (Wildman–Crippen MR) is 81.6 cm³/mol. The van der Waals surface area contributed by atoms with Crippen molar-refractivity contribution in [2.24, 2.45) is 17.6 Å². The highest BCUT2D eigenvalue weighted by Crippen LogP contribution is 2.26. The number of rotatable bonds is 6. The molecule has 3 N–H and O–H groups in total. The standard InChI is InChI=1S/C15H26N4/c1-12(2)13(10-16)11-18-14-6-5-7-17-15(14)19-8-3-4-9-19/h5-7,12-13,18H,3-4,8-11,16H2,1-2H3. The van der Waals surface area contributed by atoms with E-state index in [4.69, 9.17) is 5.73 Å². The molecule has 1 fully saturated rings. The molecule has 1 aliphatic rings. The molecular formula is C15H26N4. The van der Waals surface area contributed by atoms with Crippen LogP contribution in [0.15, 0.2) is 18.3 Å². The molecule has 1 aromatic heterocycles. The molecule has 19 heavy (non-hydrogen) atoms. The minimum absolute atomic E-state index is 0.506. The van der Waals surface area contributed by atoms with Gasteiger partial charge in [0.1, 0.15) is 0 Å². The Morgan fingerprint density at radius 1 is 1.37 bits per heavy atom. The third-order valence-corrected chi connectivity index (χ3v) is 3.99. The lowest BCUT2D eigenvalue weighted by Gasteiger charge is -2.23. The van der Waals surface area contributed by atoms with E-state index in [1.54, 1.807) is 0 Å². The maximum absolute atomic E-state index is 5.83. The van der Waals surface area contributed by atoms with Gasteiger partial charge in [-0.1, -0.05) is 13.8 Å². The summed E-state index contributed by atoms with van der Waals surface area (Å²) >= 11 is 0. The maximum atomic E-state index is 5.83.